The van der Waals surface area contributed by atoms with E-state index in [-0.39, 0.29) is 5.56 Å². The van der Waals surface area contributed by atoms with Gasteiger partial charge in [0.15, 0.2) is 0 Å². The van der Waals surface area contributed by atoms with Crippen LogP contribution in [0.25, 0.3) is 16.8 Å². The van der Waals surface area contributed by atoms with Crippen LogP contribution in [0.5, 0.6) is 0 Å². The van der Waals surface area contributed by atoms with Crippen molar-refractivity contribution in [1.29, 1.82) is 0 Å². The Labute approximate surface area is 192 Å². The van der Waals surface area contributed by atoms with Crippen LogP contribution < -0.4 is 11.5 Å². The Morgan fingerprint density at radius 2 is 1.76 bits per heavy atom. The molecule has 33 heavy (non-hydrogen) atoms. The van der Waals surface area contributed by atoms with E-state index in [1.54, 1.807) is 12.2 Å². The van der Waals surface area contributed by atoms with E-state index in [4.69, 9.17) is 11.5 Å². The van der Waals surface area contributed by atoms with Gasteiger partial charge in [0, 0.05) is 54.8 Å². The Morgan fingerprint density at radius 3 is 2.30 bits per heavy atom. The van der Waals surface area contributed by atoms with Crippen LogP contribution >= 0.6 is 0 Å². The molecule has 1 saturated heterocycles. The summed E-state index contributed by atoms with van der Waals surface area (Å²) in [5.74, 6) is -2.55. The van der Waals surface area contributed by atoms with Crippen LogP contribution in [0, 0.1) is 11.6 Å². The average Bonchev–Trinajstić information content (AvgIpc) is 2.79. The van der Waals surface area contributed by atoms with E-state index in [0.29, 0.717) is 60.8 Å². The van der Waals surface area contributed by atoms with Gasteiger partial charge in [-0.3, -0.25) is 4.79 Å². The third kappa shape index (κ3) is 5.25. The van der Waals surface area contributed by atoms with Gasteiger partial charge >= 0.3 is 0 Å². The minimum absolute atomic E-state index is 0.173. The Kier molecular flexibility index (Phi) is 7.55. The molecule has 4 N–H and O–H groups in total. The smallest absolute Gasteiger partial charge is 0.259 e. The van der Waals surface area contributed by atoms with Gasteiger partial charge in [-0.25, -0.2) is 18.7 Å². The highest BCUT2D eigenvalue weighted by molar-refractivity contribution is 5.96. The van der Waals surface area contributed by atoms with Gasteiger partial charge < -0.3 is 21.3 Å². The molecule has 1 fully saturated rings. The Hall–Kier alpha value is -3.59. The molecular weight excluding hydrogens is 426 g/mol. The van der Waals surface area contributed by atoms with Crippen LogP contribution in [-0.4, -0.2) is 58.9 Å². The maximum absolute atomic E-state index is 15.1. The molecule has 0 unspecified atom stereocenters. The normalized spacial score (nSPS) is 15.3. The summed E-state index contributed by atoms with van der Waals surface area (Å²) in [4.78, 5) is 24.9. The number of aryl methyl sites for hydroxylation is 1. The standard InChI is InChI=1S/C24H28F2N6O/c1-4-20-21(16(13-27)6-5-15(2)28)23(30-14-29-20)17-11-18(25)22(19(26)12-17)24(33)32-9-7-31(3)8-10-32/h5-6,11-14H,2,4,7-10,27-28H2,1,3H3/b6-5-,16-13+. The van der Waals surface area contributed by atoms with Gasteiger partial charge in [-0.05, 0) is 31.7 Å². The van der Waals surface area contributed by atoms with E-state index in [1.165, 1.54) is 17.4 Å². The number of hydrogen-bond donors (Lipinski definition) is 2. The highest BCUT2D eigenvalue weighted by atomic mass is 19.1. The second-order valence-electron chi connectivity index (χ2n) is 7.84. The van der Waals surface area contributed by atoms with Crippen LogP contribution in [-0.2, 0) is 6.42 Å². The van der Waals surface area contributed by atoms with Crippen molar-refractivity contribution >= 4 is 11.5 Å². The number of amides is 1. The molecule has 0 radical (unpaired) electrons. The summed E-state index contributed by atoms with van der Waals surface area (Å²) in [6, 6.07) is 2.24. The molecule has 2 heterocycles. The van der Waals surface area contributed by atoms with Crippen molar-refractivity contribution in [3.05, 3.63) is 77.5 Å². The summed E-state index contributed by atoms with van der Waals surface area (Å²) in [6.07, 6.45) is 6.41. The van der Waals surface area contributed by atoms with Gasteiger partial charge in [0.25, 0.3) is 5.91 Å². The molecule has 1 aliphatic rings. The van der Waals surface area contributed by atoms with E-state index < -0.39 is 23.1 Å². The second-order valence-corrected chi connectivity index (χ2v) is 7.84. The molecule has 1 aromatic carbocycles. The quantitative estimate of drug-likeness (QED) is 0.651. The topological polar surface area (TPSA) is 101 Å². The molecule has 1 aliphatic heterocycles. The lowest BCUT2D eigenvalue weighted by Gasteiger charge is -2.32. The van der Waals surface area contributed by atoms with Crippen LogP contribution in [0.2, 0.25) is 0 Å². The number of hydrogen-bond acceptors (Lipinski definition) is 6. The molecule has 2 aromatic rings. The molecule has 0 saturated carbocycles. The van der Waals surface area contributed by atoms with Crippen molar-refractivity contribution in [3.8, 4) is 11.3 Å². The fourth-order valence-corrected chi connectivity index (χ4v) is 3.71. The van der Waals surface area contributed by atoms with Crippen LogP contribution in [0.15, 0.2) is 49.1 Å². The predicted octanol–water partition coefficient (Wildman–Crippen LogP) is 2.70. The van der Waals surface area contributed by atoms with E-state index in [2.05, 4.69) is 21.4 Å². The molecule has 7 nitrogen and oxygen atoms in total. The monoisotopic (exact) mass is 454 g/mol. The molecule has 1 amide bonds. The fraction of sp³-hybridized carbons (Fsp3) is 0.292. The molecule has 0 spiro atoms. The molecule has 9 heteroatoms. The Morgan fingerprint density at radius 1 is 1.12 bits per heavy atom. The maximum Gasteiger partial charge on any atom is 0.259 e. The number of halogens is 2. The molecule has 174 valence electrons. The summed E-state index contributed by atoms with van der Waals surface area (Å²) in [6.45, 7) is 7.64. The maximum atomic E-state index is 15.1. The number of rotatable bonds is 6. The number of carbonyl (C=O) groups excluding carboxylic acids is 1. The van der Waals surface area contributed by atoms with Crippen molar-refractivity contribution < 1.29 is 13.6 Å². The second kappa shape index (κ2) is 10.4. The number of allylic oxidation sites excluding steroid dienone is 3. The molecule has 0 aliphatic carbocycles. The highest BCUT2D eigenvalue weighted by Crippen LogP contribution is 2.32. The summed E-state index contributed by atoms with van der Waals surface area (Å²) in [7, 11) is 1.93. The molecular formula is C24H28F2N6O. The number of likely N-dealkylation sites (N-methyl/N-ethyl adjacent to an activating group) is 1. The van der Waals surface area contributed by atoms with Crippen LogP contribution in [0.1, 0.15) is 28.5 Å². The molecule has 0 atom stereocenters. The molecule has 3 rings (SSSR count). The zero-order chi connectivity index (χ0) is 24.1. The third-order valence-corrected chi connectivity index (χ3v) is 5.53. The number of nitrogens with two attached hydrogens (primary N) is 2. The number of aromatic nitrogens is 2. The number of carbonyl (C=O) groups is 1. The Balaban J connectivity index is 2.07. The number of nitrogens with zero attached hydrogens (tertiary/aromatic N) is 4. The van der Waals surface area contributed by atoms with Crippen molar-refractivity contribution in [2.45, 2.75) is 13.3 Å². The third-order valence-electron chi connectivity index (χ3n) is 5.53. The number of piperazine rings is 1. The zero-order valence-corrected chi connectivity index (χ0v) is 18.8. The summed E-state index contributed by atoms with van der Waals surface area (Å²) in [5.41, 5.74) is 13.4. The highest BCUT2D eigenvalue weighted by Gasteiger charge is 2.27. The summed E-state index contributed by atoms with van der Waals surface area (Å²) in [5, 5.41) is 0. The minimum Gasteiger partial charge on any atom is -0.404 e. The summed E-state index contributed by atoms with van der Waals surface area (Å²) < 4.78 is 30.2. The first-order valence-electron chi connectivity index (χ1n) is 10.6. The first-order chi connectivity index (χ1) is 15.8. The van der Waals surface area contributed by atoms with Gasteiger partial charge in [0.05, 0.1) is 11.4 Å². The Bertz CT molecular complexity index is 1100. The van der Waals surface area contributed by atoms with Crippen molar-refractivity contribution in [3.63, 3.8) is 0 Å². The lowest BCUT2D eigenvalue weighted by Crippen LogP contribution is -2.47. The zero-order valence-electron chi connectivity index (χ0n) is 18.8. The molecule has 0 bridgehead atoms. The molecule has 1 aromatic heterocycles. The predicted molar refractivity (Wildman–Crippen MR) is 125 cm³/mol. The number of benzene rings is 1. The minimum atomic E-state index is -0.944. The van der Waals surface area contributed by atoms with E-state index in [0.717, 1.165) is 12.1 Å². The van der Waals surface area contributed by atoms with Crippen LogP contribution in [0.4, 0.5) is 8.78 Å². The van der Waals surface area contributed by atoms with Crippen LogP contribution in [0.3, 0.4) is 0 Å². The van der Waals surface area contributed by atoms with Crippen molar-refractivity contribution in [2.24, 2.45) is 11.5 Å². The lowest BCUT2D eigenvalue weighted by molar-refractivity contribution is 0.0654. The van der Waals surface area contributed by atoms with Crippen molar-refractivity contribution in [2.75, 3.05) is 33.2 Å². The first kappa shape index (κ1) is 24.1. The van der Waals surface area contributed by atoms with Gasteiger partial charge in [-0.15, -0.1) is 0 Å². The SMILES string of the molecule is C=C(N)/C=C\C(=C/N)c1c(CC)ncnc1-c1cc(F)c(C(=O)N2CCN(C)CC2)c(F)c1. The van der Waals surface area contributed by atoms with Gasteiger partial charge in [-0.1, -0.05) is 19.6 Å². The van der Waals surface area contributed by atoms with Gasteiger partial charge in [0.2, 0.25) is 0 Å². The first-order valence-corrected chi connectivity index (χ1v) is 10.6. The summed E-state index contributed by atoms with van der Waals surface area (Å²) >= 11 is 0. The average molecular weight is 455 g/mol. The van der Waals surface area contributed by atoms with E-state index in [9.17, 15) is 4.79 Å². The lowest BCUT2D eigenvalue weighted by atomic mass is 9.95. The van der Waals surface area contributed by atoms with E-state index in [1.807, 2.05) is 14.0 Å². The van der Waals surface area contributed by atoms with Gasteiger partial charge in [0.1, 0.15) is 23.5 Å². The van der Waals surface area contributed by atoms with E-state index >= 15 is 8.78 Å². The van der Waals surface area contributed by atoms with Crippen molar-refractivity contribution in [1.82, 2.24) is 19.8 Å². The largest absolute Gasteiger partial charge is 0.404 e. The fourth-order valence-electron chi connectivity index (χ4n) is 3.71. The van der Waals surface area contributed by atoms with Gasteiger partial charge in [-0.2, -0.15) is 0 Å².